The van der Waals surface area contributed by atoms with Gasteiger partial charge in [-0.05, 0) is 25.8 Å². The molecule has 122 valence electrons. The molecule has 0 aromatic carbocycles. The van der Waals surface area contributed by atoms with Crippen molar-refractivity contribution in [3.63, 3.8) is 0 Å². The summed E-state index contributed by atoms with van der Waals surface area (Å²) >= 11 is 0. The highest BCUT2D eigenvalue weighted by molar-refractivity contribution is 7.88. The molecule has 0 saturated carbocycles. The van der Waals surface area contributed by atoms with Crippen molar-refractivity contribution in [2.24, 2.45) is 0 Å². The van der Waals surface area contributed by atoms with E-state index in [-0.39, 0.29) is 6.04 Å². The van der Waals surface area contributed by atoms with Crippen LogP contribution in [0.25, 0.3) is 0 Å². The van der Waals surface area contributed by atoms with Crippen molar-refractivity contribution in [1.29, 1.82) is 0 Å². The molecule has 7 nitrogen and oxygen atoms in total. The van der Waals surface area contributed by atoms with Crippen molar-refractivity contribution in [1.82, 2.24) is 19.6 Å². The Kier molecular flexibility index (Phi) is 4.60. The molecule has 0 radical (unpaired) electrons. The highest BCUT2D eigenvalue weighted by atomic mass is 32.2. The summed E-state index contributed by atoms with van der Waals surface area (Å²) in [6.45, 7) is 3.05. The first-order valence-corrected chi connectivity index (χ1v) is 9.64. The van der Waals surface area contributed by atoms with Gasteiger partial charge in [-0.1, -0.05) is 0 Å². The Hall–Kier alpha value is -1.25. The molecule has 8 heteroatoms. The van der Waals surface area contributed by atoms with Crippen LogP contribution < -0.4 is 10.6 Å². The Balaban J connectivity index is 1.68. The van der Waals surface area contributed by atoms with E-state index in [4.69, 9.17) is 0 Å². The average Bonchev–Trinajstić information content (AvgIpc) is 2.73. The maximum atomic E-state index is 11.6. The summed E-state index contributed by atoms with van der Waals surface area (Å²) in [6.07, 6.45) is 6.38. The van der Waals surface area contributed by atoms with Gasteiger partial charge >= 0.3 is 0 Å². The summed E-state index contributed by atoms with van der Waals surface area (Å²) in [5.74, 6) is 0.923. The van der Waals surface area contributed by atoms with Crippen molar-refractivity contribution < 1.29 is 8.42 Å². The van der Waals surface area contributed by atoms with Crippen LogP contribution in [0.3, 0.4) is 0 Å². The van der Waals surface area contributed by atoms with Gasteiger partial charge in [-0.2, -0.15) is 0 Å². The van der Waals surface area contributed by atoms with Gasteiger partial charge in [0.1, 0.15) is 12.1 Å². The van der Waals surface area contributed by atoms with Crippen LogP contribution in [0.2, 0.25) is 0 Å². The van der Waals surface area contributed by atoms with E-state index in [0.717, 1.165) is 50.3 Å². The number of aromatic nitrogens is 2. The fraction of sp³-hybridized carbons (Fsp3) is 0.714. The van der Waals surface area contributed by atoms with Crippen LogP contribution in [-0.2, 0) is 22.9 Å². The molecule has 2 aliphatic rings. The number of piperidine rings is 1. The predicted octanol–water partition coefficient (Wildman–Crippen LogP) is 0.000700. The summed E-state index contributed by atoms with van der Waals surface area (Å²) in [5.41, 5.74) is 2.33. The van der Waals surface area contributed by atoms with Gasteiger partial charge in [-0.15, -0.1) is 0 Å². The first-order valence-electron chi connectivity index (χ1n) is 7.79. The van der Waals surface area contributed by atoms with Crippen LogP contribution in [-0.4, -0.2) is 61.2 Å². The molecule has 0 atom stereocenters. The lowest BCUT2D eigenvalue weighted by Crippen LogP contribution is -2.42. The molecule has 1 saturated heterocycles. The monoisotopic (exact) mass is 325 g/mol. The van der Waals surface area contributed by atoms with E-state index in [0.29, 0.717) is 13.1 Å². The minimum Gasteiger partial charge on any atom is -0.367 e. The normalized spacial score (nSPS) is 21.1. The fourth-order valence-corrected chi connectivity index (χ4v) is 4.00. The molecule has 2 aliphatic heterocycles. The number of anilines is 1. The Bertz CT molecular complexity index is 626. The Labute approximate surface area is 131 Å². The molecule has 3 heterocycles. The summed E-state index contributed by atoms with van der Waals surface area (Å²) in [7, 11) is -3.07. The van der Waals surface area contributed by atoms with E-state index in [2.05, 4.69) is 20.6 Å². The second kappa shape index (κ2) is 6.47. The zero-order valence-corrected chi connectivity index (χ0v) is 13.7. The zero-order chi connectivity index (χ0) is 15.6. The Morgan fingerprint density at radius 3 is 2.68 bits per heavy atom. The number of hydrogen-bond donors (Lipinski definition) is 2. The molecule has 1 fully saturated rings. The third-order valence-electron chi connectivity index (χ3n) is 4.39. The molecule has 0 amide bonds. The van der Waals surface area contributed by atoms with Crippen LogP contribution in [0, 0.1) is 0 Å². The molecule has 0 unspecified atom stereocenters. The summed E-state index contributed by atoms with van der Waals surface area (Å²) in [6, 6.07) is 0.271. The van der Waals surface area contributed by atoms with Crippen LogP contribution in [0.15, 0.2) is 6.33 Å². The number of hydrogen-bond acceptors (Lipinski definition) is 6. The largest absolute Gasteiger partial charge is 0.367 e. The van der Waals surface area contributed by atoms with Gasteiger partial charge in [0.15, 0.2) is 0 Å². The Morgan fingerprint density at radius 2 is 1.95 bits per heavy atom. The van der Waals surface area contributed by atoms with E-state index < -0.39 is 10.0 Å². The topological polar surface area (TPSA) is 87.2 Å². The van der Waals surface area contributed by atoms with Gasteiger partial charge in [0, 0.05) is 37.7 Å². The molecule has 0 bridgehead atoms. The van der Waals surface area contributed by atoms with Crippen molar-refractivity contribution >= 4 is 15.8 Å². The van der Waals surface area contributed by atoms with Crippen molar-refractivity contribution in [3.8, 4) is 0 Å². The van der Waals surface area contributed by atoms with E-state index in [1.54, 1.807) is 10.6 Å². The minimum absolute atomic E-state index is 0.271. The molecule has 0 spiro atoms. The Morgan fingerprint density at radius 1 is 1.23 bits per heavy atom. The molecule has 22 heavy (non-hydrogen) atoms. The van der Waals surface area contributed by atoms with Gasteiger partial charge < -0.3 is 10.6 Å². The summed E-state index contributed by atoms with van der Waals surface area (Å²) in [5, 5.41) is 6.89. The van der Waals surface area contributed by atoms with Crippen molar-refractivity contribution in [2.75, 3.05) is 37.8 Å². The SMILES string of the molecule is CS(=O)(=O)N1CCC(Nc2ncnc3c2CCNCC3)CC1. The highest BCUT2D eigenvalue weighted by Gasteiger charge is 2.26. The van der Waals surface area contributed by atoms with Gasteiger partial charge in [0.05, 0.1) is 11.9 Å². The first kappa shape index (κ1) is 15.6. The molecule has 2 N–H and O–H groups in total. The number of fused-ring (bicyclic) bond motifs is 1. The van der Waals surface area contributed by atoms with E-state index >= 15 is 0 Å². The molecular formula is C14H23N5O2S. The maximum absolute atomic E-state index is 11.6. The van der Waals surface area contributed by atoms with Gasteiger partial charge in [-0.3, -0.25) is 0 Å². The molecule has 1 aromatic heterocycles. The zero-order valence-electron chi connectivity index (χ0n) is 12.9. The lowest BCUT2D eigenvalue weighted by Gasteiger charge is -2.31. The third-order valence-corrected chi connectivity index (χ3v) is 5.69. The smallest absolute Gasteiger partial charge is 0.211 e. The lowest BCUT2D eigenvalue weighted by molar-refractivity contribution is 0.331. The second-order valence-electron chi connectivity index (χ2n) is 5.98. The highest BCUT2D eigenvalue weighted by Crippen LogP contribution is 2.22. The molecule has 0 aliphatic carbocycles. The fourth-order valence-electron chi connectivity index (χ4n) is 3.12. The van der Waals surface area contributed by atoms with E-state index in [1.807, 2.05) is 0 Å². The lowest BCUT2D eigenvalue weighted by atomic mass is 10.1. The van der Waals surface area contributed by atoms with Gasteiger partial charge in [0.25, 0.3) is 0 Å². The van der Waals surface area contributed by atoms with Crippen LogP contribution >= 0.6 is 0 Å². The number of nitrogens with one attached hydrogen (secondary N) is 2. The average molecular weight is 325 g/mol. The quantitative estimate of drug-likeness (QED) is 0.813. The number of nitrogens with zero attached hydrogens (tertiary/aromatic N) is 3. The van der Waals surface area contributed by atoms with Gasteiger partial charge in [-0.25, -0.2) is 22.7 Å². The van der Waals surface area contributed by atoms with E-state index in [1.165, 1.54) is 11.8 Å². The molecule has 3 rings (SSSR count). The predicted molar refractivity (Wildman–Crippen MR) is 85.4 cm³/mol. The van der Waals surface area contributed by atoms with Crippen molar-refractivity contribution in [2.45, 2.75) is 31.7 Å². The van der Waals surface area contributed by atoms with Crippen molar-refractivity contribution in [3.05, 3.63) is 17.6 Å². The maximum Gasteiger partial charge on any atom is 0.211 e. The standard InChI is InChI=1S/C14H23N5O2S/c1-22(20,21)19-8-4-11(5-9-19)18-14-12-2-6-15-7-3-13(12)16-10-17-14/h10-11,15H,2-9H2,1H3,(H,16,17,18). The van der Waals surface area contributed by atoms with Crippen LogP contribution in [0.4, 0.5) is 5.82 Å². The number of sulfonamides is 1. The second-order valence-corrected chi connectivity index (χ2v) is 7.96. The molecule has 1 aromatic rings. The van der Waals surface area contributed by atoms with Gasteiger partial charge in [0.2, 0.25) is 10.0 Å². The summed E-state index contributed by atoms with van der Waals surface area (Å²) < 4.78 is 24.7. The minimum atomic E-state index is -3.07. The summed E-state index contributed by atoms with van der Waals surface area (Å²) in [4.78, 5) is 8.81. The van der Waals surface area contributed by atoms with Crippen LogP contribution in [0.1, 0.15) is 24.1 Å². The van der Waals surface area contributed by atoms with E-state index in [9.17, 15) is 8.42 Å². The number of rotatable bonds is 3. The third kappa shape index (κ3) is 3.56. The first-order chi connectivity index (χ1) is 10.5. The van der Waals surface area contributed by atoms with Crippen LogP contribution in [0.5, 0.6) is 0 Å². The molecular weight excluding hydrogens is 302 g/mol.